The molecule has 1 saturated heterocycles. The minimum absolute atomic E-state index is 0.0593. The quantitative estimate of drug-likeness (QED) is 0.490. The molecule has 0 bridgehead atoms. The molecule has 8 heteroatoms. The molecule has 164 valence electrons. The summed E-state index contributed by atoms with van der Waals surface area (Å²) in [5.74, 6) is 0.0732. The minimum atomic E-state index is -0.406. The van der Waals surface area contributed by atoms with Crippen molar-refractivity contribution in [2.75, 3.05) is 47.1 Å². The van der Waals surface area contributed by atoms with E-state index in [0.29, 0.717) is 26.4 Å². The summed E-state index contributed by atoms with van der Waals surface area (Å²) in [6.45, 7) is 5.28. The monoisotopic (exact) mass is 472 g/mol. The highest BCUT2D eigenvalue weighted by molar-refractivity contribution is 9.11. The van der Waals surface area contributed by atoms with Crippen molar-refractivity contribution in [1.29, 1.82) is 0 Å². The van der Waals surface area contributed by atoms with E-state index in [2.05, 4.69) is 40.3 Å². The van der Waals surface area contributed by atoms with E-state index >= 15 is 0 Å². The van der Waals surface area contributed by atoms with Gasteiger partial charge in [0.2, 0.25) is 0 Å². The van der Waals surface area contributed by atoms with Crippen LogP contribution in [0.2, 0.25) is 0 Å². The number of hydrogen-bond donors (Lipinski definition) is 1. The maximum atomic E-state index is 13.2. The van der Waals surface area contributed by atoms with Crippen LogP contribution in [0.4, 0.5) is 0 Å². The van der Waals surface area contributed by atoms with Crippen LogP contribution in [0.25, 0.3) is 0 Å². The molecule has 1 heterocycles. The number of rotatable bonds is 10. The molecule has 2 aliphatic carbocycles. The second kappa shape index (κ2) is 11.0. The highest BCUT2D eigenvalue weighted by Crippen LogP contribution is 2.35. The normalized spacial score (nSPS) is 28.5. The zero-order valence-electron chi connectivity index (χ0n) is 17.6. The Morgan fingerprint density at radius 1 is 1.38 bits per heavy atom. The Hall–Kier alpha value is -0.770. The van der Waals surface area contributed by atoms with Crippen LogP contribution in [0.5, 0.6) is 0 Å². The minimum Gasteiger partial charge on any atom is -0.385 e. The molecule has 2 fully saturated rings. The summed E-state index contributed by atoms with van der Waals surface area (Å²) in [4.78, 5) is 15.2. The second-order valence-corrected chi connectivity index (χ2v) is 8.67. The van der Waals surface area contributed by atoms with Gasteiger partial charge >= 0.3 is 0 Å². The van der Waals surface area contributed by atoms with Crippen LogP contribution in [-0.2, 0) is 23.7 Å². The van der Waals surface area contributed by atoms with Crippen LogP contribution in [0.3, 0.4) is 0 Å². The number of carbonyl (C=O) groups is 1. The molecule has 3 aliphatic rings. The van der Waals surface area contributed by atoms with Crippen molar-refractivity contribution >= 4 is 21.8 Å². The molecule has 1 N–H and O–H groups in total. The van der Waals surface area contributed by atoms with Gasteiger partial charge in [0.1, 0.15) is 18.3 Å². The number of carbonyl (C=O) groups excluding carboxylic acids is 1. The number of morpholine rings is 1. The van der Waals surface area contributed by atoms with Gasteiger partial charge in [-0.25, -0.2) is 0 Å². The number of halogens is 1. The number of ether oxygens (including phenoxy) is 4. The van der Waals surface area contributed by atoms with Gasteiger partial charge in [-0.2, -0.15) is 0 Å². The maximum absolute atomic E-state index is 13.2. The Morgan fingerprint density at radius 2 is 2.17 bits per heavy atom. The summed E-state index contributed by atoms with van der Waals surface area (Å²) in [5, 5.41) is 3.26. The Bertz CT molecular complexity index is 616. The zero-order chi connectivity index (χ0) is 20.8. The summed E-state index contributed by atoms with van der Waals surface area (Å²) >= 11 is 3.65. The van der Waals surface area contributed by atoms with Crippen molar-refractivity contribution in [2.24, 2.45) is 0 Å². The molecular formula is C21H33BrN2O5. The van der Waals surface area contributed by atoms with Crippen LogP contribution in [0.1, 0.15) is 26.2 Å². The standard InChI is InChI=1S/C21H33BrN2O5/c1-14(24(16-5-6-16)21(25)19-13-23-7-10-29-19)15-11-17(22)20(27-3)18(12-15)28-9-4-8-26-2/h11-12,14,16,18-20,23H,4-10,13H2,1-3H3/t14-,18?,19-,20?/m1/s1. The first kappa shape index (κ1) is 22.9. The van der Waals surface area contributed by atoms with Crippen LogP contribution < -0.4 is 5.32 Å². The van der Waals surface area contributed by atoms with Gasteiger partial charge in [0.25, 0.3) is 5.91 Å². The first-order valence-corrected chi connectivity index (χ1v) is 11.2. The first-order valence-electron chi connectivity index (χ1n) is 10.4. The van der Waals surface area contributed by atoms with Gasteiger partial charge in [-0.05, 0) is 43.9 Å². The zero-order valence-corrected chi connectivity index (χ0v) is 19.2. The predicted molar refractivity (Wildman–Crippen MR) is 114 cm³/mol. The van der Waals surface area contributed by atoms with E-state index < -0.39 is 6.10 Å². The van der Waals surface area contributed by atoms with Gasteiger partial charge in [-0.15, -0.1) is 0 Å². The fourth-order valence-electron chi connectivity index (χ4n) is 3.88. The maximum Gasteiger partial charge on any atom is 0.253 e. The van der Waals surface area contributed by atoms with E-state index in [1.807, 2.05) is 4.90 Å². The van der Waals surface area contributed by atoms with E-state index in [1.165, 1.54) is 0 Å². The topological polar surface area (TPSA) is 69.3 Å². The predicted octanol–water partition coefficient (Wildman–Crippen LogP) is 2.01. The first-order chi connectivity index (χ1) is 14.1. The van der Waals surface area contributed by atoms with Gasteiger partial charge in [0.15, 0.2) is 0 Å². The summed E-state index contributed by atoms with van der Waals surface area (Å²) in [7, 11) is 3.37. The Morgan fingerprint density at radius 3 is 2.79 bits per heavy atom. The van der Waals surface area contributed by atoms with Crippen LogP contribution >= 0.6 is 15.9 Å². The van der Waals surface area contributed by atoms with Gasteiger partial charge in [-0.1, -0.05) is 15.9 Å². The molecule has 1 amide bonds. The van der Waals surface area contributed by atoms with E-state index in [9.17, 15) is 4.79 Å². The third-order valence-electron chi connectivity index (χ3n) is 5.59. The number of amides is 1. The molecule has 1 aliphatic heterocycles. The number of nitrogens with one attached hydrogen (secondary N) is 1. The molecule has 0 aromatic carbocycles. The van der Waals surface area contributed by atoms with Gasteiger partial charge in [-0.3, -0.25) is 4.79 Å². The third kappa shape index (κ3) is 5.89. The lowest BCUT2D eigenvalue weighted by molar-refractivity contribution is -0.147. The lowest BCUT2D eigenvalue weighted by Crippen LogP contribution is -2.53. The molecule has 0 spiro atoms. The van der Waals surface area contributed by atoms with Crippen molar-refractivity contribution in [3.8, 4) is 0 Å². The van der Waals surface area contributed by atoms with Gasteiger partial charge in [0.05, 0.1) is 12.6 Å². The molecule has 4 atom stereocenters. The molecule has 0 aromatic heterocycles. The molecular weight excluding hydrogens is 440 g/mol. The number of hydrogen-bond acceptors (Lipinski definition) is 6. The largest absolute Gasteiger partial charge is 0.385 e. The lowest BCUT2D eigenvalue weighted by atomic mass is 9.96. The molecule has 7 nitrogen and oxygen atoms in total. The van der Waals surface area contributed by atoms with Crippen LogP contribution in [0, 0.1) is 0 Å². The molecule has 29 heavy (non-hydrogen) atoms. The second-order valence-electron chi connectivity index (χ2n) is 7.75. The summed E-state index contributed by atoms with van der Waals surface area (Å²) in [6, 6.07) is 0.230. The highest BCUT2D eigenvalue weighted by atomic mass is 79.9. The Balaban J connectivity index is 1.74. The van der Waals surface area contributed by atoms with Crippen LogP contribution in [0.15, 0.2) is 22.2 Å². The van der Waals surface area contributed by atoms with E-state index in [1.54, 1.807) is 14.2 Å². The van der Waals surface area contributed by atoms with Gasteiger partial charge in [0, 0.05) is 51.0 Å². The molecule has 0 aromatic rings. The average molecular weight is 473 g/mol. The molecule has 3 rings (SSSR count). The van der Waals surface area contributed by atoms with E-state index in [0.717, 1.165) is 35.9 Å². The highest BCUT2D eigenvalue weighted by Gasteiger charge is 2.41. The fraction of sp³-hybridized carbons (Fsp3) is 0.762. The molecule has 0 radical (unpaired) electrons. The van der Waals surface area contributed by atoms with E-state index in [-0.39, 0.29) is 30.2 Å². The Labute approximate surface area is 181 Å². The summed E-state index contributed by atoms with van der Waals surface area (Å²) < 4.78 is 23.5. The third-order valence-corrected chi connectivity index (χ3v) is 6.27. The summed E-state index contributed by atoms with van der Waals surface area (Å²) in [6.07, 6.45) is 6.27. The summed E-state index contributed by atoms with van der Waals surface area (Å²) in [5.41, 5.74) is 1.06. The van der Waals surface area contributed by atoms with Crippen molar-refractivity contribution < 1.29 is 23.7 Å². The SMILES string of the molecule is COCCCOC1C=C([C@@H](C)N(C(=O)[C@H]2CNCCO2)C2CC2)C=C(Br)C1OC. The van der Waals surface area contributed by atoms with Crippen molar-refractivity contribution in [3.63, 3.8) is 0 Å². The number of methoxy groups -OCH3 is 2. The average Bonchev–Trinajstić information content (AvgIpc) is 3.56. The molecule has 1 saturated carbocycles. The fourth-order valence-corrected chi connectivity index (χ4v) is 4.59. The smallest absolute Gasteiger partial charge is 0.253 e. The van der Waals surface area contributed by atoms with E-state index in [4.69, 9.17) is 18.9 Å². The Kier molecular flexibility index (Phi) is 8.70. The van der Waals surface area contributed by atoms with Crippen LogP contribution in [-0.4, -0.2) is 88.3 Å². The number of nitrogens with zero attached hydrogens (tertiary/aromatic N) is 1. The molecule has 2 unspecified atom stereocenters. The van der Waals surface area contributed by atoms with Crippen molar-refractivity contribution in [2.45, 2.75) is 56.6 Å². The van der Waals surface area contributed by atoms with Gasteiger partial charge < -0.3 is 29.2 Å². The van der Waals surface area contributed by atoms with Crippen molar-refractivity contribution in [3.05, 3.63) is 22.2 Å². The van der Waals surface area contributed by atoms with Crippen molar-refractivity contribution in [1.82, 2.24) is 10.2 Å². The lowest BCUT2D eigenvalue weighted by Gasteiger charge is -2.37.